The molecule has 2 fully saturated rings. The SMILES string of the molecule is COc1cnc(-c2ccc(C(=O)N3CCCCC3)cc2)c2[nH]cc(C(=O)C(=O)N3CCC(=C(C#N)c4ccccc4)CC3)c12. The molecule has 9 nitrogen and oxygen atoms in total. The molecule has 0 radical (unpaired) electrons. The molecule has 2 aromatic carbocycles. The number of amides is 2. The lowest BCUT2D eigenvalue weighted by atomic mass is 9.93. The Morgan fingerprint density at radius 2 is 1.59 bits per heavy atom. The van der Waals surface area contributed by atoms with Gasteiger partial charge in [-0.3, -0.25) is 19.4 Å². The van der Waals surface area contributed by atoms with Crippen LogP contribution < -0.4 is 4.74 Å². The molecule has 2 aliphatic rings. The summed E-state index contributed by atoms with van der Waals surface area (Å²) in [7, 11) is 1.50. The molecule has 6 rings (SSSR count). The first-order chi connectivity index (χ1) is 21.5. The Labute approximate surface area is 255 Å². The number of carbonyl (C=O) groups excluding carboxylic acids is 3. The number of ketones is 1. The largest absolute Gasteiger partial charge is 0.494 e. The predicted molar refractivity (Wildman–Crippen MR) is 167 cm³/mol. The Hall–Kier alpha value is -5.23. The highest BCUT2D eigenvalue weighted by Gasteiger charge is 2.30. The molecule has 4 heterocycles. The number of pyridine rings is 1. The summed E-state index contributed by atoms with van der Waals surface area (Å²) in [4.78, 5) is 51.2. The third-order valence-corrected chi connectivity index (χ3v) is 8.56. The van der Waals surface area contributed by atoms with Crippen molar-refractivity contribution in [3.05, 3.63) is 89.3 Å². The standard InChI is InChI=1S/C35H33N5O4/c1-44-29-22-38-31(25-10-12-26(13-11-25)34(42)39-16-6-3-7-17-39)32-30(29)28(21-37-32)33(41)35(43)40-18-14-24(15-19-40)27(20-36)23-8-4-2-5-9-23/h2,4-5,8-13,21-22,37H,3,6-7,14-19H2,1H3. The van der Waals surface area contributed by atoms with Crippen molar-refractivity contribution in [1.82, 2.24) is 19.8 Å². The molecule has 1 N–H and O–H groups in total. The summed E-state index contributed by atoms with van der Waals surface area (Å²) in [6.45, 7) is 2.27. The number of benzene rings is 2. The van der Waals surface area contributed by atoms with E-state index >= 15 is 0 Å². The number of allylic oxidation sites excluding steroid dienone is 1. The monoisotopic (exact) mass is 587 g/mol. The number of aromatic nitrogens is 2. The minimum Gasteiger partial charge on any atom is -0.494 e. The molecule has 2 aliphatic heterocycles. The van der Waals surface area contributed by atoms with Gasteiger partial charge >= 0.3 is 0 Å². The maximum Gasteiger partial charge on any atom is 0.295 e. The van der Waals surface area contributed by atoms with E-state index in [-0.39, 0.29) is 11.5 Å². The fraction of sp³-hybridized carbons (Fsp3) is 0.286. The van der Waals surface area contributed by atoms with Crippen LogP contribution in [0, 0.1) is 11.3 Å². The molecule has 0 unspecified atom stereocenters. The maximum atomic E-state index is 13.6. The van der Waals surface area contributed by atoms with Crippen molar-refractivity contribution in [3.8, 4) is 23.1 Å². The maximum absolute atomic E-state index is 13.6. The zero-order chi connectivity index (χ0) is 30.6. The first kappa shape index (κ1) is 28.9. The quantitative estimate of drug-likeness (QED) is 0.177. The van der Waals surface area contributed by atoms with Gasteiger partial charge in [0.05, 0.1) is 47.1 Å². The molecule has 9 heteroatoms. The normalized spacial score (nSPS) is 15.1. The Kier molecular flexibility index (Phi) is 8.24. The Bertz CT molecular complexity index is 1780. The average molecular weight is 588 g/mol. The van der Waals surface area contributed by atoms with Crippen molar-refractivity contribution < 1.29 is 19.1 Å². The smallest absolute Gasteiger partial charge is 0.295 e. The highest BCUT2D eigenvalue weighted by molar-refractivity contribution is 6.45. The van der Waals surface area contributed by atoms with Gasteiger partial charge in [-0.15, -0.1) is 0 Å². The Morgan fingerprint density at radius 3 is 2.25 bits per heavy atom. The second-order valence-corrected chi connectivity index (χ2v) is 11.1. The molecule has 0 saturated carbocycles. The van der Waals surface area contributed by atoms with Crippen LogP contribution in [-0.4, -0.2) is 70.7 Å². The molecular weight excluding hydrogens is 554 g/mol. The van der Waals surface area contributed by atoms with Crippen LogP contribution in [0.15, 0.2) is 72.6 Å². The highest BCUT2D eigenvalue weighted by Crippen LogP contribution is 2.35. The van der Waals surface area contributed by atoms with Gasteiger partial charge in [-0.25, -0.2) is 0 Å². The number of methoxy groups -OCH3 is 1. The summed E-state index contributed by atoms with van der Waals surface area (Å²) in [5.74, 6) is -0.822. The number of H-pyrrole nitrogens is 1. The molecule has 0 spiro atoms. The van der Waals surface area contributed by atoms with Gasteiger partial charge in [-0.1, -0.05) is 42.5 Å². The van der Waals surface area contributed by atoms with E-state index in [1.54, 1.807) is 23.2 Å². The van der Waals surface area contributed by atoms with Crippen LogP contribution in [0.3, 0.4) is 0 Å². The lowest BCUT2D eigenvalue weighted by Crippen LogP contribution is -2.40. The predicted octanol–water partition coefficient (Wildman–Crippen LogP) is 5.65. The molecule has 0 bridgehead atoms. The lowest BCUT2D eigenvalue weighted by Gasteiger charge is -2.28. The Morgan fingerprint density at radius 1 is 0.886 bits per heavy atom. The summed E-state index contributed by atoms with van der Waals surface area (Å²) in [5.41, 5.74) is 5.24. The number of piperidine rings is 2. The second kappa shape index (κ2) is 12.6. The minimum absolute atomic E-state index is 0.0274. The van der Waals surface area contributed by atoms with Crippen LogP contribution >= 0.6 is 0 Å². The summed E-state index contributed by atoms with van der Waals surface area (Å²) >= 11 is 0. The van der Waals surface area contributed by atoms with Crippen molar-refractivity contribution >= 4 is 34.1 Å². The fourth-order valence-electron chi connectivity index (χ4n) is 6.16. The first-order valence-electron chi connectivity index (χ1n) is 14.9. The van der Waals surface area contributed by atoms with Gasteiger partial charge in [0, 0.05) is 43.5 Å². The van der Waals surface area contributed by atoms with Gasteiger partial charge in [-0.05, 0) is 55.4 Å². The zero-order valence-electron chi connectivity index (χ0n) is 24.6. The van der Waals surface area contributed by atoms with E-state index in [2.05, 4.69) is 16.0 Å². The van der Waals surface area contributed by atoms with E-state index in [0.29, 0.717) is 59.4 Å². The molecule has 2 saturated heterocycles. The van der Waals surface area contributed by atoms with Crippen LogP contribution in [-0.2, 0) is 4.79 Å². The summed E-state index contributed by atoms with van der Waals surface area (Å²) in [6, 6.07) is 19.1. The highest BCUT2D eigenvalue weighted by atomic mass is 16.5. The first-order valence-corrected chi connectivity index (χ1v) is 14.9. The van der Waals surface area contributed by atoms with E-state index < -0.39 is 11.7 Å². The van der Waals surface area contributed by atoms with Gasteiger partial charge in [-0.2, -0.15) is 5.26 Å². The molecule has 0 atom stereocenters. The van der Waals surface area contributed by atoms with Crippen molar-refractivity contribution in [1.29, 1.82) is 5.26 Å². The van der Waals surface area contributed by atoms with Crippen LogP contribution in [0.5, 0.6) is 5.75 Å². The van der Waals surface area contributed by atoms with Crippen LogP contribution in [0.4, 0.5) is 0 Å². The molecular formula is C35H33N5O4. The van der Waals surface area contributed by atoms with Crippen LogP contribution in [0.2, 0.25) is 0 Å². The zero-order valence-corrected chi connectivity index (χ0v) is 24.6. The fourth-order valence-corrected chi connectivity index (χ4v) is 6.16. The van der Waals surface area contributed by atoms with Gasteiger partial charge < -0.3 is 19.5 Å². The minimum atomic E-state index is -0.634. The third kappa shape index (κ3) is 5.47. The van der Waals surface area contributed by atoms with E-state index in [0.717, 1.165) is 49.1 Å². The summed E-state index contributed by atoms with van der Waals surface area (Å²) in [6.07, 6.45) is 7.34. The van der Waals surface area contributed by atoms with Gasteiger partial charge in [0.15, 0.2) is 0 Å². The van der Waals surface area contributed by atoms with E-state index in [4.69, 9.17) is 4.74 Å². The van der Waals surface area contributed by atoms with E-state index in [9.17, 15) is 19.6 Å². The molecule has 222 valence electrons. The molecule has 2 aromatic heterocycles. The van der Waals surface area contributed by atoms with E-state index in [1.165, 1.54) is 13.3 Å². The lowest BCUT2D eigenvalue weighted by molar-refractivity contribution is -0.126. The number of carbonyl (C=O) groups is 3. The number of ether oxygens (including phenoxy) is 1. The Balaban J connectivity index is 1.23. The molecule has 2 amide bonds. The van der Waals surface area contributed by atoms with Crippen LogP contribution in [0.1, 0.15) is 58.4 Å². The number of nitrogens with one attached hydrogen (secondary N) is 1. The van der Waals surface area contributed by atoms with Gasteiger partial charge in [0.25, 0.3) is 17.6 Å². The number of Topliss-reactive ketones (excluding diaryl/α,β-unsaturated/α-hetero) is 1. The number of hydrogen-bond donors (Lipinski definition) is 1. The summed E-state index contributed by atoms with van der Waals surface area (Å²) in [5, 5.41) is 10.3. The second-order valence-electron chi connectivity index (χ2n) is 11.1. The third-order valence-electron chi connectivity index (χ3n) is 8.56. The van der Waals surface area contributed by atoms with Gasteiger partial charge in [0.2, 0.25) is 0 Å². The molecule has 44 heavy (non-hydrogen) atoms. The number of nitriles is 1. The van der Waals surface area contributed by atoms with E-state index in [1.807, 2.05) is 47.4 Å². The molecule has 0 aliphatic carbocycles. The number of nitrogens with zero attached hydrogens (tertiary/aromatic N) is 4. The number of rotatable bonds is 6. The van der Waals surface area contributed by atoms with Crippen molar-refractivity contribution in [2.45, 2.75) is 32.1 Å². The van der Waals surface area contributed by atoms with Crippen LogP contribution in [0.25, 0.3) is 27.7 Å². The average Bonchev–Trinajstić information content (AvgIpc) is 3.54. The van der Waals surface area contributed by atoms with Crippen molar-refractivity contribution in [3.63, 3.8) is 0 Å². The summed E-state index contributed by atoms with van der Waals surface area (Å²) < 4.78 is 5.56. The topological polar surface area (TPSA) is 119 Å². The molecule has 4 aromatic rings. The number of hydrogen-bond acceptors (Lipinski definition) is 6. The number of likely N-dealkylation sites (tertiary alicyclic amines) is 2. The van der Waals surface area contributed by atoms with Crippen molar-refractivity contribution in [2.75, 3.05) is 33.3 Å². The number of aromatic amines is 1. The van der Waals surface area contributed by atoms with Crippen molar-refractivity contribution in [2.24, 2.45) is 0 Å². The number of fused-ring (bicyclic) bond motifs is 1. The van der Waals surface area contributed by atoms with Gasteiger partial charge in [0.1, 0.15) is 5.75 Å².